The maximum Gasteiger partial charge on any atom is 0.164 e. The molecular weight excluding hydrogens is 159 g/mol. The van der Waals surface area contributed by atoms with Crippen molar-refractivity contribution in [1.29, 1.82) is 0 Å². The van der Waals surface area contributed by atoms with Crippen molar-refractivity contribution in [3.63, 3.8) is 0 Å². The molecule has 0 fully saturated rings. The Labute approximate surface area is 53.7 Å². The van der Waals surface area contributed by atoms with Gasteiger partial charge in [0.2, 0.25) is 0 Å². The van der Waals surface area contributed by atoms with E-state index >= 15 is 0 Å². The summed E-state index contributed by atoms with van der Waals surface area (Å²) in [5.41, 5.74) is 0. The predicted molar refractivity (Wildman–Crippen MR) is 39.9 cm³/mol. The lowest BCUT2D eigenvalue weighted by Gasteiger charge is -1.65. The Hall–Kier alpha value is 0.300. The summed E-state index contributed by atoms with van der Waals surface area (Å²) in [5.74, 6) is 0. The molecule has 0 aliphatic rings. The first-order chi connectivity index (χ1) is 3.91. The fourth-order valence-electron chi connectivity index (χ4n) is 0.116. The summed E-state index contributed by atoms with van der Waals surface area (Å²) in [6.45, 7) is 1.96. The van der Waals surface area contributed by atoms with E-state index in [-0.39, 0.29) is 0 Å². The monoisotopic (exact) mass is 165 g/mol. The molecule has 0 aromatic carbocycles. The second-order valence-electron chi connectivity index (χ2n) is 0.758. The van der Waals surface area contributed by atoms with E-state index in [4.69, 9.17) is 0 Å². The first-order valence-corrected chi connectivity index (χ1v) is 4.79. The fourth-order valence-corrected chi connectivity index (χ4v) is 1.36. The Morgan fingerprint density at radius 2 is 1.88 bits per heavy atom. The highest BCUT2D eigenvalue weighted by atomic mass is 31.1. The standard InChI is InChI=1S/C2H6N3P3/c1-3-7-5-8-4-6-2/h1-2H3. The zero-order valence-electron chi connectivity index (χ0n) is 4.68. The van der Waals surface area contributed by atoms with Crippen molar-refractivity contribution in [1.82, 2.24) is 0 Å². The lowest BCUT2D eigenvalue weighted by atomic mass is 11.6. The summed E-state index contributed by atoms with van der Waals surface area (Å²) in [6.07, 6.45) is 0. The van der Waals surface area contributed by atoms with E-state index in [1.807, 2.05) is 6.66 Å². The predicted octanol–water partition coefficient (Wildman–Crippen LogP) is 3.47. The first kappa shape index (κ1) is 8.30. The van der Waals surface area contributed by atoms with Crippen LogP contribution in [0.25, 0.3) is 0 Å². The Morgan fingerprint density at radius 3 is 2.38 bits per heavy atom. The Balaban J connectivity index is 3.35. The van der Waals surface area contributed by atoms with Crippen LogP contribution in [0, 0.1) is 0 Å². The van der Waals surface area contributed by atoms with Crippen LogP contribution in [0.3, 0.4) is 0 Å². The molecule has 0 amide bonds. The Morgan fingerprint density at radius 1 is 1.12 bits per heavy atom. The summed E-state index contributed by atoms with van der Waals surface area (Å²) in [6, 6.07) is 0. The Bertz CT molecular complexity index is 104. The second-order valence-corrected chi connectivity index (χ2v) is 3.35. The van der Waals surface area contributed by atoms with E-state index in [1.165, 1.54) is 0 Å². The lowest BCUT2D eigenvalue weighted by molar-refractivity contribution is 1.51. The average molecular weight is 165 g/mol. The van der Waals surface area contributed by atoms with Gasteiger partial charge < -0.3 is 0 Å². The maximum atomic E-state index is 3.92. The molecule has 0 heterocycles. The van der Waals surface area contributed by atoms with Gasteiger partial charge in [-0.1, -0.05) is 0 Å². The third kappa shape index (κ3) is 6.30. The molecule has 3 nitrogen and oxygen atoms in total. The molecule has 0 unspecified atom stereocenters. The van der Waals surface area contributed by atoms with Crippen LogP contribution < -0.4 is 0 Å². The third-order valence-corrected chi connectivity index (χ3v) is 2.15. The molecule has 0 saturated carbocycles. The number of hydrogen-bond donors (Lipinski definition) is 0. The van der Waals surface area contributed by atoms with Gasteiger partial charge in [-0.25, -0.2) is 4.74 Å². The van der Waals surface area contributed by atoms with Gasteiger partial charge in [-0.15, -0.1) is 0 Å². The van der Waals surface area contributed by atoms with E-state index in [1.54, 1.807) is 7.05 Å². The van der Waals surface area contributed by atoms with Crippen molar-refractivity contribution in [2.45, 2.75) is 0 Å². The Kier molecular flexibility index (Phi) is 7.57. The minimum absolute atomic E-state index is 0.776. The number of rotatable bonds is 2. The molecule has 0 atom stereocenters. The zero-order chi connectivity index (χ0) is 6.24. The van der Waals surface area contributed by atoms with Crippen LogP contribution in [-0.2, 0) is 0 Å². The van der Waals surface area contributed by atoms with Gasteiger partial charge in [-0.2, -0.15) is 9.03 Å². The van der Waals surface area contributed by atoms with Gasteiger partial charge in [0.25, 0.3) is 0 Å². The third-order valence-electron chi connectivity index (χ3n) is 0.299. The van der Waals surface area contributed by atoms with E-state index in [0.29, 0.717) is 0 Å². The summed E-state index contributed by atoms with van der Waals surface area (Å²) < 4.78 is 11.5. The molecule has 0 aliphatic heterocycles. The summed E-state index contributed by atoms with van der Waals surface area (Å²) in [7, 11) is 4.33. The van der Waals surface area contributed by atoms with Gasteiger partial charge in [-0.05, 0) is 6.66 Å². The van der Waals surface area contributed by atoms with E-state index in [2.05, 4.69) is 13.8 Å². The zero-order valence-corrected chi connectivity index (χ0v) is 7.37. The normalized spacial score (nSPS) is 12.8. The van der Waals surface area contributed by atoms with Gasteiger partial charge in [0.1, 0.15) is 0 Å². The van der Waals surface area contributed by atoms with Gasteiger partial charge in [0.05, 0.1) is 0 Å². The number of hydrogen-bond acceptors (Lipinski definition) is 1. The van der Waals surface area contributed by atoms with Crippen LogP contribution in [0.2, 0.25) is 0 Å². The molecular formula is C2H6N3P3. The lowest BCUT2D eigenvalue weighted by Crippen LogP contribution is -1.24. The SMILES string of the molecule is CN=PN=PN=PC. The molecule has 0 rings (SSSR count). The quantitative estimate of drug-likeness (QED) is 0.561. The summed E-state index contributed by atoms with van der Waals surface area (Å²) in [5, 5.41) is 0. The second kappa shape index (κ2) is 7.30. The van der Waals surface area contributed by atoms with Crippen LogP contribution >= 0.6 is 25.4 Å². The first-order valence-electron chi connectivity index (χ1n) is 1.89. The maximum absolute atomic E-state index is 3.92. The molecule has 0 spiro atoms. The number of nitrogens with zero attached hydrogens (tertiary/aromatic N) is 3. The van der Waals surface area contributed by atoms with Crippen molar-refractivity contribution < 1.29 is 0 Å². The largest absolute Gasteiger partial charge is 0.250 e. The minimum Gasteiger partial charge on any atom is -0.250 e. The van der Waals surface area contributed by atoms with E-state index < -0.39 is 0 Å². The van der Waals surface area contributed by atoms with Gasteiger partial charge in [0, 0.05) is 15.4 Å². The highest BCUT2D eigenvalue weighted by Crippen LogP contribution is 2.14. The molecule has 6 heteroatoms. The van der Waals surface area contributed by atoms with Crippen LogP contribution in [0.5, 0.6) is 0 Å². The van der Waals surface area contributed by atoms with Gasteiger partial charge in [0.15, 0.2) is 17.0 Å². The van der Waals surface area contributed by atoms with Crippen molar-refractivity contribution in [3.05, 3.63) is 0 Å². The minimum atomic E-state index is 0.776. The molecule has 0 saturated heterocycles. The van der Waals surface area contributed by atoms with Crippen molar-refractivity contribution >= 4 is 25.4 Å². The molecule has 0 aromatic rings. The summed E-state index contributed by atoms with van der Waals surface area (Å²) >= 11 is 0. The van der Waals surface area contributed by atoms with Crippen LogP contribution in [0.4, 0.5) is 0 Å². The smallest absolute Gasteiger partial charge is 0.164 e. The van der Waals surface area contributed by atoms with Crippen molar-refractivity contribution in [3.8, 4) is 0 Å². The summed E-state index contributed by atoms with van der Waals surface area (Å²) in [4.78, 5) is 0. The topological polar surface area (TPSA) is 37.1 Å². The molecule has 0 aliphatic carbocycles. The molecule has 0 aromatic heterocycles. The van der Waals surface area contributed by atoms with E-state index in [0.717, 1.165) is 25.4 Å². The van der Waals surface area contributed by atoms with Crippen molar-refractivity contribution in [2.75, 3.05) is 13.7 Å². The molecule has 0 N–H and O–H groups in total. The fraction of sp³-hybridized carbons (Fsp3) is 1.00. The molecule has 0 radical (unpaired) electrons. The molecule has 44 valence electrons. The van der Waals surface area contributed by atoms with Crippen LogP contribution in [0.15, 0.2) is 13.8 Å². The van der Waals surface area contributed by atoms with Gasteiger partial charge >= 0.3 is 0 Å². The molecule has 0 bridgehead atoms. The van der Waals surface area contributed by atoms with Crippen LogP contribution in [0.1, 0.15) is 0 Å². The molecule has 8 heavy (non-hydrogen) atoms. The highest BCUT2D eigenvalue weighted by molar-refractivity contribution is 7.43. The van der Waals surface area contributed by atoms with E-state index in [9.17, 15) is 0 Å². The average Bonchev–Trinajstić information content (AvgIpc) is 1.81. The van der Waals surface area contributed by atoms with Gasteiger partial charge in [-0.3, -0.25) is 0 Å². The van der Waals surface area contributed by atoms with Crippen molar-refractivity contribution in [2.24, 2.45) is 13.8 Å². The highest BCUT2D eigenvalue weighted by Gasteiger charge is 1.60. The van der Waals surface area contributed by atoms with Crippen LogP contribution in [-0.4, -0.2) is 13.7 Å².